The van der Waals surface area contributed by atoms with Gasteiger partial charge in [0.25, 0.3) is 0 Å². The first-order chi connectivity index (χ1) is 8.04. The van der Waals surface area contributed by atoms with E-state index in [1.165, 1.54) is 6.08 Å². The molecule has 0 aromatic carbocycles. The predicted octanol–water partition coefficient (Wildman–Crippen LogP) is 0.492. The lowest BCUT2D eigenvalue weighted by atomic mass is 10.1. The van der Waals surface area contributed by atoms with Gasteiger partial charge in [-0.3, -0.25) is 0 Å². The summed E-state index contributed by atoms with van der Waals surface area (Å²) in [5.41, 5.74) is 0. The monoisotopic (exact) mass is 242 g/mol. The minimum absolute atomic E-state index is 0.0385. The molecule has 1 saturated heterocycles. The van der Waals surface area contributed by atoms with Gasteiger partial charge in [-0.05, 0) is 19.8 Å². The van der Waals surface area contributed by atoms with E-state index in [0.717, 1.165) is 6.42 Å². The fraction of sp³-hybridized carbons (Fsp3) is 0.636. The number of aliphatic carboxylic acids is 1. The highest BCUT2D eigenvalue weighted by Gasteiger charge is 2.27. The standard InChI is InChI=1S/C11H18N2O4/c1-3-4-9(10(14)15)13-11(16)12-8-5-6-17-7(8)2/h3,7-9H,1,4-6H2,2H3,(H,14,15)(H2,12,13,16). The van der Waals surface area contributed by atoms with Crippen molar-refractivity contribution < 1.29 is 19.4 Å². The van der Waals surface area contributed by atoms with Crippen LogP contribution in [0.3, 0.4) is 0 Å². The maximum absolute atomic E-state index is 11.6. The fourth-order valence-electron chi connectivity index (χ4n) is 1.68. The zero-order valence-electron chi connectivity index (χ0n) is 9.81. The number of hydrogen-bond donors (Lipinski definition) is 3. The Morgan fingerprint density at radius 2 is 2.35 bits per heavy atom. The summed E-state index contributed by atoms with van der Waals surface area (Å²) in [5.74, 6) is -1.07. The quantitative estimate of drug-likeness (QED) is 0.612. The first-order valence-electron chi connectivity index (χ1n) is 5.57. The van der Waals surface area contributed by atoms with Gasteiger partial charge in [-0.25, -0.2) is 9.59 Å². The van der Waals surface area contributed by atoms with Crippen molar-refractivity contribution in [3.63, 3.8) is 0 Å². The molecular weight excluding hydrogens is 224 g/mol. The van der Waals surface area contributed by atoms with Gasteiger partial charge in [-0.15, -0.1) is 6.58 Å². The number of nitrogens with one attached hydrogen (secondary N) is 2. The zero-order chi connectivity index (χ0) is 12.8. The highest BCUT2D eigenvalue weighted by Crippen LogP contribution is 2.12. The summed E-state index contributed by atoms with van der Waals surface area (Å²) in [6.45, 7) is 5.93. The molecule has 0 aromatic heterocycles. The molecule has 1 heterocycles. The fourth-order valence-corrected chi connectivity index (χ4v) is 1.68. The number of carbonyl (C=O) groups excluding carboxylic acids is 1. The average Bonchev–Trinajstić information content (AvgIpc) is 2.63. The molecule has 1 aliphatic rings. The van der Waals surface area contributed by atoms with Crippen LogP contribution >= 0.6 is 0 Å². The SMILES string of the molecule is C=CCC(NC(=O)NC1CCOC1C)C(=O)O. The molecule has 1 aliphatic heterocycles. The van der Waals surface area contributed by atoms with Crippen LogP contribution in [0.15, 0.2) is 12.7 Å². The number of hydrogen-bond acceptors (Lipinski definition) is 3. The van der Waals surface area contributed by atoms with Crippen LogP contribution < -0.4 is 10.6 Å². The smallest absolute Gasteiger partial charge is 0.326 e. The van der Waals surface area contributed by atoms with Crippen LogP contribution in [0, 0.1) is 0 Å². The minimum Gasteiger partial charge on any atom is -0.480 e. The molecule has 1 fully saturated rings. The number of ether oxygens (including phenoxy) is 1. The van der Waals surface area contributed by atoms with Crippen molar-refractivity contribution >= 4 is 12.0 Å². The number of rotatable bonds is 5. The molecule has 0 saturated carbocycles. The molecule has 3 N–H and O–H groups in total. The Morgan fingerprint density at radius 3 is 2.82 bits per heavy atom. The number of amides is 2. The van der Waals surface area contributed by atoms with Crippen LogP contribution in [0.25, 0.3) is 0 Å². The Hall–Kier alpha value is -1.56. The lowest BCUT2D eigenvalue weighted by Gasteiger charge is -2.18. The summed E-state index contributed by atoms with van der Waals surface area (Å²) >= 11 is 0. The van der Waals surface area contributed by atoms with Crippen LogP contribution in [0.5, 0.6) is 0 Å². The van der Waals surface area contributed by atoms with Crippen molar-refractivity contribution in [2.24, 2.45) is 0 Å². The summed E-state index contributed by atoms with van der Waals surface area (Å²) in [4.78, 5) is 22.4. The van der Waals surface area contributed by atoms with E-state index < -0.39 is 18.0 Å². The molecular formula is C11H18N2O4. The largest absolute Gasteiger partial charge is 0.480 e. The van der Waals surface area contributed by atoms with Crippen LogP contribution in [0.2, 0.25) is 0 Å². The van der Waals surface area contributed by atoms with Crippen molar-refractivity contribution in [2.45, 2.75) is 38.0 Å². The van der Waals surface area contributed by atoms with Gasteiger partial charge in [0.15, 0.2) is 0 Å². The molecule has 0 bridgehead atoms. The van der Waals surface area contributed by atoms with Crippen molar-refractivity contribution in [1.82, 2.24) is 10.6 Å². The highest BCUT2D eigenvalue weighted by molar-refractivity contribution is 5.82. The number of carboxylic acids is 1. The first kappa shape index (κ1) is 13.5. The van der Waals surface area contributed by atoms with Crippen molar-refractivity contribution in [1.29, 1.82) is 0 Å². The van der Waals surface area contributed by atoms with Crippen molar-refractivity contribution in [3.8, 4) is 0 Å². The first-order valence-corrected chi connectivity index (χ1v) is 5.57. The third-order valence-electron chi connectivity index (χ3n) is 2.70. The van der Waals surface area contributed by atoms with Gasteiger partial charge in [0, 0.05) is 6.61 Å². The summed E-state index contributed by atoms with van der Waals surface area (Å²) < 4.78 is 5.29. The van der Waals surface area contributed by atoms with Gasteiger partial charge < -0.3 is 20.5 Å². The Kier molecular flexibility index (Phi) is 4.96. The highest BCUT2D eigenvalue weighted by atomic mass is 16.5. The van der Waals surface area contributed by atoms with Crippen LogP contribution in [0.1, 0.15) is 19.8 Å². The Bertz CT molecular complexity index is 306. The summed E-state index contributed by atoms with van der Waals surface area (Å²) in [6, 6.07) is -1.49. The maximum Gasteiger partial charge on any atom is 0.326 e. The van der Waals surface area contributed by atoms with Gasteiger partial charge in [0.05, 0.1) is 12.1 Å². The molecule has 0 radical (unpaired) electrons. The van der Waals surface area contributed by atoms with Crippen LogP contribution in [0.4, 0.5) is 4.79 Å². The third-order valence-corrected chi connectivity index (χ3v) is 2.70. The lowest BCUT2D eigenvalue weighted by Crippen LogP contribution is -2.50. The summed E-state index contributed by atoms with van der Waals surface area (Å²) in [6.07, 6.45) is 2.36. The Labute approximate surface area is 100 Å². The molecule has 6 nitrogen and oxygen atoms in total. The van der Waals surface area contributed by atoms with Gasteiger partial charge >= 0.3 is 12.0 Å². The minimum atomic E-state index is -1.07. The third kappa shape index (κ3) is 4.07. The van der Waals surface area contributed by atoms with Crippen molar-refractivity contribution in [3.05, 3.63) is 12.7 Å². The molecule has 0 spiro atoms. The second kappa shape index (κ2) is 6.24. The number of urea groups is 1. The van der Waals surface area contributed by atoms with Gasteiger partial charge in [-0.1, -0.05) is 6.08 Å². The summed E-state index contributed by atoms with van der Waals surface area (Å²) in [7, 11) is 0. The van der Waals surface area contributed by atoms with Crippen LogP contribution in [-0.4, -0.2) is 41.9 Å². The van der Waals surface area contributed by atoms with E-state index >= 15 is 0 Å². The molecule has 3 unspecified atom stereocenters. The predicted molar refractivity (Wildman–Crippen MR) is 61.7 cm³/mol. The number of carboxylic acid groups (broad SMARTS) is 1. The zero-order valence-corrected chi connectivity index (χ0v) is 9.81. The molecule has 0 aliphatic carbocycles. The maximum atomic E-state index is 11.6. The Morgan fingerprint density at radius 1 is 1.65 bits per heavy atom. The van der Waals surface area contributed by atoms with Crippen LogP contribution in [-0.2, 0) is 9.53 Å². The van der Waals surface area contributed by atoms with Gasteiger partial charge in [0.1, 0.15) is 6.04 Å². The second-order valence-corrected chi connectivity index (χ2v) is 4.00. The lowest BCUT2D eigenvalue weighted by molar-refractivity contribution is -0.139. The molecule has 17 heavy (non-hydrogen) atoms. The average molecular weight is 242 g/mol. The van der Waals surface area contributed by atoms with E-state index in [9.17, 15) is 9.59 Å². The molecule has 6 heteroatoms. The van der Waals surface area contributed by atoms with E-state index in [1.54, 1.807) is 0 Å². The number of carbonyl (C=O) groups is 2. The van der Waals surface area contributed by atoms with E-state index in [-0.39, 0.29) is 18.6 Å². The topological polar surface area (TPSA) is 87.7 Å². The van der Waals surface area contributed by atoms with Crippen molar-refractivity contribution in [2.75, 3.05) is 6.61 Å². The van der Waals surface area contributed by atoms with E-state index in [1.807, 2.05) is 6.92 Å². The van der Waals surface area contributed by atoms with E-state index in [2.05, 4.69) is 17.2 Å². The summed E-state index contributed by atoms with van der Waals surface area (Å²) in [5, 5.41) is 13.9. The van der Waals surface area contributed by atoms with E-state index in [4.69, 9.17) is 9.84 Å². The molecule has 1 rings (SSSR count). The Balaban J connectivity index is 2.41. The van der Waals surface area contributed by atoms with E-state index in [0.29, 0.717) is 6.61 Å². The second-order valence-electron chi connectivity index (χ2n) is 4.00. The normalized spacial score (nSPS) is 25.0. The molecule has 96 valence electrons. The molecule has 0 aromatic rings. The molecule has 2 amide bonds. The van der Waals surface area contributed by atoms with Gasteiger partial charge in [0.2, 0.25) is 0 Å². The molecule has 3 atom stereocenters. The van der Waals surface area contributed by atoms with Gasteiger partial charge in [-0.2, -0.15) is 0 Å².